The predicted molar refractivity (Wildman–Crippen MR) is 146 cm³/mol. The first kappa shape index (κ1) is 26.8. The van der Waals surface area contributed by atoms with Gasteiger partial charge in [-0.1, -0.05) is 17.7 Å². The Kier molecular flexibility index (Phi) is 8.26. The van der Waals surface area contributed by atoms with Crippen molar-refractivity contribution in [3.63, 3.8) is 0 Å². The van der Waals surface area contributed by atoms with Crippen molar-refractivity contribution in [3.8, 4) is 0 Å². The van der Waals surface area contributed by atoms with Gasteiger partial charge >= 0.3 is 5.97 Å². The van der Waals surface area contributed by atoms with E-state index in [4.69, 9.17) is 11.6 Å². The molecule has 194 valence electrons. The van der Waals surface area contributed by atoms with Gasteiger partial charge in [-0.25, -0.2) is 9.78 Å². The van der Waals surface area contributed by atoms with Crippen molar-refractivity contribution in [1.82, 2.24) is 9.88 Å². The van der Waals surface area contributed by atoms with Gasteiger partial charge in [0.1, 0.15) is 0 Å². The van der Waals surface area contributed by atoms with Crippen LogP contribution in [0.25, 0.3) is 0 Å². The van der Waals surface area contributed by atoms with Gasteiger partial charge in [0.2, 0.25) is 5.91 Å². The molecule has 0 atom stereocenters. The molecule has 10 heteroatoms. The second-order valence-corrected chi connectivity index (χ2v) is 10.8. The summed E-state index contributed by atoms with van der Waals surface area (Å²) in [6.07, 6.45) is 1.27. The lowest BCUT2D eigenvalue weighted by Crippen LogP contribution is -2.35. The number of halogens is 1. The molecular formula is C27H29ClN4O4S. The number of fused-ring (bicyclic) bond motifs is 1. The third-order valence-corrected chi connectivity index (χ3v) is 7.74. The lowest BCUT2D eigenvalue weighted by atomic mass is 10.0. The smallest absolute Gasteiger partial charge is 0.335 e. The maximum absolute atomic E-state index is 13.4. The van der Waals surface area contributed by atoms with Crippen molar-refractivity contribution in [2.75, 3.05) is 23.8 Å². The SMILES string of the molecule is CC(C)N1CCc2nc(C(=O)N(C)c3cc(C(=O)O)ccc3CCC(=O)Nc3ccc(Cl)cc3)sc2C1. The summed E-state index contributed by atoms with van der Waals surface area (Å²) in [5.41, 5.74) is 2.79. The van der Waals surface area contributed by atoms with Crippen LogP contribution in [0.4, 0.5) is 11.4 Å². The molecule has 2 N–H and O–H groups in total. The zero-order chi connectivity index (χ0) is 26.7. The quantitative estimate of drug-likeness (QED) is 0.411. The molecule has 2 aromatic carbocycles. The topological polar surface area (TPSA) is 103 Å². The van der Waals surface area contributed by atoms with E-state index in [9.17, 15) is 19.5 Å². The number of aromatic nitrogens is 1. The van der Waals surface area contributed by atoms with Crippen LogP contribution in [0.1, 0.15) is 56.6 Å². The number of aryl methyl sites for hydroxylation is 1. The Labute approximate surface area is 224 Å². The normalized spacial score (nSPS) is 13.3. The molecule has 37 heavy (non-hydrogen) atoms. The van der Waals surface area contributed by atoms with Gasteiger partial charge in [0.25, 0.3) is 5.91 Å². The van der Waals surface area contributed by atoms with Gasteiger partial charge in [-0.15, -0.1) is 11.3 Å². The third-order valence-electron chi connectivity index (χ3n) is 6.42. The van der Waals surface area contributed by atoms with Gasteiger partial charge in [0.05, 0.1) is 11.3 Å². The summed E-state index contributed by atoms with van der Waals surface area (Å²) >= 11 is 7.29. The molecule has 0 fully saturated rings. The largest absolute Gasteiger partial charge is 0.478 e. The summed E-state index contributed by atoms with van der Waals surface area (Å²) in [4.78, 5) is 47.1. The van der Waals surface area contributed by atoms with Crippen LogP contribution >= 0.6 is 22.9 Å². The highest BCUT2D eigenvalue weighted by atomic mass is 35.5. The second-order valence-electron chi connectivity index (χ2n) is 9.27. The summed E-state index contributed by atoms with van der Waals surface area (Å²) in [6, 6.07) is 11.8. The number of carboxylic acids is 1. The fourth-order valence-electron chi connectivity index (χ4n) is 4.23. The van der Waals surface area contributed by atoms with Crippen LogP contribution < -0.4 is 10.2 Å². The van der Waals surface area contributed by atoms with Crippen molar-refractivity contribution in [2.24, 2.45) is 0 Å². The minimum atomic E-state index is -1.09. The van der Waals surface area contributed by atoms with E-state index in [1.54, 1.807) is 37.4 Å². The standard InChI is InChI=1S/C27H29ClN4O4S/c1-16(2)32-13-12-21-23(15-32)37-25(30-21)26(34)31(3)22-14-18(27(35)36)5-4-17(22)6-11-24(33)29-20-9-7-19(28)8-10-20/h4-5,7-10,14,16H,6,11-13,15H2,1-3H3,(H,29,33)(H,35,36). The average Bonchev–Trinajstić information content (AvgIpc) is 3.31. The third kappa shape index (κ3) is 6.36. The average molecular weight is 541 g/mol. The Balaban J connectivity index is 1.52. The number of benzene rings is 2. The molecule has 0 saturated heterocycles. The summed E-state index contributed by atoms with van der Waals surface area (Å²) in [6.45, 7) is 5.97. The van der Waals surface area contributed by atoms with Crippen LogP contribution in [0.3, 0.4) is 0 Å². The van der Waals surface area contributed by atoms with Crippen LogP contribution in [-0.2, 0) is 24.2 Å². The number of amides is 2. The van der Waals surface area contributed by atoms with E-state index in [0.29, 0.717) is 39.4 Å². The number of hydrogen-bond acceptors (Lipinski definition) is 6. The van der Waals surface area contributed by atoms with Crippen molar-refractivity contribution in [2.45, 2.75) is 45.7 Å². The lowest BCUT2D eigenvalue weighted by Gasteiger charge is -2.29. The highest BCUT2D eigenvalue weighted by Crippen LogP contribution is 2.30. The Morgan fingerprint density at radius 2 is 1.92 bits per heavy atom. The number of carbonyl (C=O) groups excluding carboxylic acids is 2. The summed E-state index contributed by atoms with van der Waals surface area (Å²) in [5, 5.41) is 13.3. The van der Waals surface area contributed by atoms with Crippen LogP contribution in [0.5, 0.6) is 0 Å². The Morgan fingerprint density at radius 3 is 2.59 bits per heavy atom. The molecular weight excluding hydrogens is 512 g/mol. The van der Waals surface area contributed by atoms with Crippen molar-refractivity contribution in [3.05, 3.63) is 74.2 Å². The molecule has 3 aromatic rings. The number of hydrogen-bond donors (Lipinski definition) is 2. The van der Waals surface area contributed by atoms with E-state index in [1.807, 2.05) is 0 Å². The summed E-state index contributed by atoms with van der Waals surface area (Å²) in [7, 11) is 1.61. The molecule has 0 aliphatic carbocycles. The van der Waals surface area contributed by atoms with E-state index < -0.39 is 5.97 Å². The monoisotopic (exact) mass is 540 g/mol. The summed E-state index contributed by atoms with van der Waals surface area (Å²) < 4.78 is 0. The van der Waals surface area contributed by atoms with Crippen molar-refractivity contribution < 1.29 is 19.5 Å². The molecule has 1 aliphatic rings. The molecule has 0 bridgehead atoms. The molecule has 2 amide bonds. The van der Waals surface area contributed by atoms with Crippen molar-refractivity contribution in [1.29, 1.82) is 0 Å². The Morgan fingerprint density at radius 1 is 1.19 bits per heavy atom. The zero-order valence-corrected chi connectivity index (χ0v) is 22.5. The molecule has 0 radical (unpaired) electrons. The van der Waals surface area contributed by atoms with E-state index in [1.165, 1.54) is 28.4 Å². The number of nitrogens with one attached hydrogen (secondary N) is 1. The number of carbonyl (C=O) groups is 3. The molecule has 1 aromatic heterocycles. The Hall–Kier alpha value is -3.27. The maximum atomic E-state index is 13.4. The molecule has 0 unspecified atom stereocenters. The van der Waals surface area contributed by atoms with Crippen LogP contribution in [0.15, 0.2) is 42.5 Å². The van der Waals surface area contributed by atoms with Gasteiger partial charge in [-0.3, -0.25) is 14.5 Å². The van der Waals surface area contributed by atoms with Gasteiger partial charge in [-0.05, 0) is 62.2 Å². The highest BCUT2D eigenvalue weighted by molar-refractivity contribution is 7.13. The molecule has 0 saturated carbocycles. The first-order valence-electron chi connectivity index (χ1n) is 12.0. The first-order chi connectivity index (χ1) is 17.6. The van der Waals surface area contributed by atoms with E-state index in [2.05, 4.69) is 29.0 Å². The fraction of sp³-hybridized carbons (Fsp3) is 0.333. The van der Waals surface area contributed by atoms with Gasteiger partial charge in [0, 0.05) is 60.3 Å². The fourth-order valence-corrected chi connectivity index (χ4v) is 5.46. The number of rotatable bonds is 8. The lowest BCUT2D eigenvalue weighted by molar-refractivity contribution is -0.116. The van der Waals surface area contributed by atoms with E-state index >= 15 is 0 Å². The Bertz CT molecular complexity index is 1320. The minimum absolute atomic E-state index is 0.0648. The first-order valence-corrected chi connectivity index (χ1v) is 13.2. The maximum Gasteiger partial charge on any atom is 0.335 e. The predicted octanol–water partition coefficient (Wildman–Crippen LogP) is 5.11. The van der Waals surface area contributed by atoms with Crippen LogP contribution in [0.2, 0.25) is 5.02 Å². The number of anilines is 2. The highest BCUT2D eigenvalue weighted by Gasteiger charge is 2.27. The molecule has 4 rings (SSSR count). The molecule has 8 nitrogen and oxygen atoms in total. The number of thiazole rings is 1. The molecule has 2 heterocycles. The second kappa shape index (κ2) is 11.4. The number of aromatic carboxylic acids is 1. The number of nitrogens with zero attached hydrogens (tertiary/aromatic N) is 3. The minimum Gasteiger partial charge on any atom is -0.478 e. The zero-order valence-electron chi connectivity index (χ0n) is 21.0. The van der Waals surface area contributed by atoms with Crippen LogP contribution in [-0.4, -0.2) is 52.4 Å². The molecule has 0 spiro atoms. The van der Waals surface area contributed by atoms with Crippen LogP contribution in [0, 0.1) is 0 Å². The van der Waals surface area contributed by atoms with Gasteiger partial charge in [-0.2, -0.15) is 0 Å². The summed E-state index contributed by atoms with van der Waals surface area (Å²) in [5.74, 6) is -1.59. The number of carboxylic acid groups (broad SMARTS) is 1. The molecule has 1 aliphatic heterocycles. The van der Waals surface area contributed by atoms with E-state index in [0.717, 1.165) is 30.1 Å². The van der Waals surface area contributed by atoms with E-state index in [-0.39, 0.29) is 23.8 Å². The van der Waals surface area contributed by atoms with Gasteiger partial charge in [0.15, 0.2) is 5.01 Å². The van der Waals surface area contributed by atoms with Gasteiger partial charge < -0.3 is 15.3 Å². The van der Waals surface area contributed by atoms with Crippen molar-refractivity contribution >= 4 is 52.1 Å².